The molecule has 0 fully saturated rings. The largest absolute Gasteiger partial charge is 0.394 e. The Hall–Kier alpha value is -1.38. The molecule has 2 nitrogen and oxygen atoms in total. The Balaban J connectivity index is 1.99. The quantitative estimate of drug-likeness (QED) is 0.563. The van der Waals surface area contributed by atoms with Crippen LogP contribution in [0.15, 0.2) is 36.4 Å². The maximum atomic E-state index is 9.50. The Bertz CT molecular complexity index is 586. The maximum absolute atomic E-state index is 9.50. The highest BCUT2D eigenvalue weighted by Crippen LogP contribution is 2.32. The van der Waals surface area contributed by atoms with Crippen molar-refractivity contribution in [3.8, 4) is 0 Å². The summed E-state index contributed by atoms with van der Waals surface area (Å²) in [6, 6.07) is 6.88. The number of fused-ring (bicyclic) bond motifs is 1. The third-order valence-corrected chi connectivity index (χ3v) is 5.15. The van der Waals surface area contributed by atoms with E-state index in [1.807, 2.05) is 6.92 Å². The van der Waals surface area contributed by atoms with Gasteiger partial charge in [-0.2, -0.15) is 0 Å². The zero-order valence-corrected chi connectivity index (χ0v) is 16.0. The Morgan fingerprint density at radius 2 is 1.84 bits per heavy atom. The number of hydrogen-bond donors (Lipinski definition) is 2. The number of aliphatic hydroxyl groups excluding tert-OH is 1. The number of aliphatic hydroxyl groups is 1. The van der Waals surface area contributed by atoms with Crippen LogP contribution in [0.2, 0.25) is 0 Å². The summed E-state index contributed by atoms with van der Waals surface area (Å²) in [4.78, 5) is 0. The molecule has 0 radical (unpaired) electrons. The molecule has 3 N–H and O–H groups in total. The van der Waals surface area contributed by atoms with E-state index in [2.05, 4.69) is 49.4 Å². The van der Waals surface area contributed by atoms with Gasteiger partial charge in [0.05, 0.1) is 6.61 Å². The second kappa shape index (κ2) is 9.94. The Labute approximate surface area is 153 Å². The lowest BCUT2D eigenvalue weighted by Gasteiger charge is -2.27. The molecule has 0 heterocycles. The summed E-state index contributed by atoms with van der Waals surface area (Å²) in [6.45, 7) is 4.20. The molecule has 1 aromatic rings. The average Bonchev–Trinajstić information content (AvgIpc) is 2.79. The number of hydrogen-bond acceptors (Lipinski definition) is 2. The average molecular weight is 342 g/mol. The first-order chi connectivity index (χ1) is 12.1. The minimum atomic E-state index is -0.548. The van der Waals surface area contributed by atoms with Gasteiger partial charge in [0.2, 0.25) is 0 Å². The molecule has 0 unspecified atom stereocenters. The molecule has 2 rings (SSSR count). The van der Waals surface area contributed by atoms with Gasteiger partial charge >= 0.3 is 0 Å². The third kappa shape index (κ3) is 6.45. The molecule has 0 saturated heterocycles. The van der Waals surface area contributed by atoms with Gasteiger partial charge < -0.3 is 10.8 Å². The molecule has 2 heteroatoms. The molecule has 138 valence electrons. The number of allylic oxidation sites excluding steroid dienone is 3. The van der Waals surface area contributed by atoms with E-state index in [0.29, 0.717) is 0 Å². The van der Waals surface area contributed by atoms with Gasteiger partial charge in [0.25, 0.3) is 0 Å². The summed E-state index contributed by atoms with van der Waals surface area (Å²) in [5.41, 5.74) is 9.70. The number of unbranched alkanes of at least 4 members (excludes halogenated alkanes) is 5. The van der Waals surface area contributed by atoms with Gasteiger partial charge in [0.1, 0.15) is 0 Å². The van der Waals surface area contributed by atoms with Gasteiger partial charge in [-0.3, -0.25) is 0 Å². The van der Waals surface area contributed by atoms with Crippen LogP contribution < -0.4 is 5.73 Å². The fourth-order valence-electron chi connectivity index (χ4n) is 3.58. The summed E-state index contributed by atoms with van der Waals surface area (Å²) in [6.07, 6.45) is 18.6. The minimum Gasteiger partial charge on any atom is -0.394 e. The smallest absolute Gasteiger partial charge is 0.0608 e. The summed E-state index contributed by atoms with van der Waals surface area (Å²) < 4.78 is 0. The molecule has 1 aliphatic rings. The molecule has 0 amide bonds. The van der Waals surface area contributed by atoms with Crippen molar-refractivity contribution in [3.05, 3.63) is 53.1 Å². The summed E-state index contributed by atoms with van der Waals surface area (Å²) in [5, 5.41) is 9.50. The van der Waals surface area contributed by atoms with Crippen LogP contribution >= 0.6 is 0 Å². The SMILES string of the molecule is CCCCCCCCc1ccc2c(c1)C=CC=C[C@H]2C[C@](C)(N)CO. The van der Waals surface area contributed by atoms with Crippen LogP contribution in [0.3, 0.4) is 0 Å². The molecular formula is C23H35NO. The zero-order chi connectivity index (χ0) is 18.1. The van der Waals surface area contributed by atoms with Crippen molar-refractivity contribution in [2.75, 3.05) is 6.61 Å². The Morgan fingerprint density at radius 1 is 1.08 bits per heavy atom. The van der Waals surface area contributed by atoms with Crippen LogP contribution in [-0.2, 0) is 6.42 Å². The van der Waals surface area contributed by atoms with Crippen LogP contribution in [0.25, 0.3) is 6.08 Å². The molecule has 0 aliphatic heterocycles. The first-order valence-corrected chi connectivity index (χ1v) is 9.93. The third-order valence-electron chi connectivity index (χ3n) is 5.15. The van der Waals surface area contributed by atoms with Gasteiger partial charge in [-0.25, -0.2) is 0 Å². The van der Waals surface area contributed by atoms with Gasteiger partial charge in [0.15, 0.2) is 0 Å². The molecule has 0 saturated carbocycles. The molecule has 0 aromatic heterocycles. The van der Waals surface area contributed by atoms with Crippen molar-refractivity contribution in [1.29, 1.82) is 0 Å². The molecule has 1 aromatic carbocycles. The lowest BCUT2D eigenvalue weighted by molar-refractivity contribution is 0.197. The summed E-state index contributed by atoms with van der Waals surface area (Å²) in [7, 11) is 0. The standard InChI is InChI=1S/C23H35NO/c1-3-4-5-6-7-8-11-19-14-15-22-20(16-19)12-9-10-13-21(22)17-23(2,24)18-25/h9-10,12-16,21,25H,3-8,11,17-18,24H2,1-2H3/t21-,23-/m0/s1. The van der Waals surface area contributed by atoms with Crippen LogP contribution in [0, 0.1) is 0 Å². The summed E-state index contributed by atoms with van der Waals surface area (Å²) in [5.74, 6) is 0.259. The monoisotopic (exact) mass is 341 g/mol. The number of aryl methyl sites for hydroxylation is 1. The van der Waals surface area contributed by atoms with Crippen LogP contribution in [-0.4, -0.2) is 17.3 Å². The van der Waals surface area contributed by atoms with Crippen molar-refractivity contribution in [2.24, 2.45) is 5.73 Å². The normalized spacial score (nSPS) is 18.6. The zero-order valence-electron chi connectivity index (χ0n) is 16.0. The van der Waals surface area contributed by atoms with E-state index in [1.54, 1.807) is 0 Å². The van der Waals surface area contributed by atoms with E-state index in [1.165, 1.54) is 55.2 Å². The molecular weight excluding hydrogens is 306 g/mol. The van der Waals surface area contributed by atoms with E-state index < -0.39 is 5.54 Å². The van der Waals surface area contributed by atoms with E-state index in [-0.39, 0.29) is 12.5 Å². The maximum Gasteiger partial charge on any atom is 0.0608 e. The lowest BCUT2D eigenvalue weighted by atomic mass is 9.83. The number of rotatable bonds is 10. The van der Waals surface area contributed by atoms with Crippen LogP contribution in [0.1, 0.15) is 81.4 Å². The van der Waals surface area contributed by atoms with Crippen LogP contribution in [0.5, 0.6) is 0 Å². The first kappa shape index (κ1) is 19.9. The minimum absolute atomic E-state index is 0.0101. The molecule has 1 aliphatic carbocycles. The molecule has 2 atom stereocenters. The first-order valence-electron chi connectivity index (χ1n) is 9.93. The second-order valence-corrected chi connectivity index (χ2v) is 7.85. The highest BCUT2D eigenvalue weighted by Gasteiger charge is 2.24. The number of benzene rings is 1. The molecule has 25 heavy (non-hydrogen) atoms. The van der Waals surface area contributed by atoms with Gasteiger partial charge in [-0.15, -0.1) is 0 Å². The van der Waals surface area contributed by atoms with Crippen molar-refractivity contribution >= 4 is 6.08 Å². The topological polar surface area (TPSA) is 46.2 Å². The fraction of sp³-hybridized carbons (Fsp3) is 0.565. The predicted octanol–water partition coefficient (Wildman–Crippen LogP) is 5.36. The number of nitrogens with two attached hydrogens (primary N) is 1. The van der Waals surface area contributed by atoms with Gasteiger partial charge in [-0.1, -0.05) is 81.5 Å². The Morgan fingerprint density at radius 3 is 2.60 bits per heavy atom. The highest BCUT2D eigenvalue weighted by molar-refractivity contribution is 5.60. The van der Waals surface area contributed by atoms with E-state index in [0.717, 1.165) is 12.8 Å². The lowest BCUT2D eigenvalue weighted by Crippen LogP contribution is -2.41. The van der Waals surface area contributed by atoms with Crippen molar-refractivity contribution in [1.82, 2.24) is 0 Å². The molecule has 0 bridgehead atoms. The van der Waals surface area contributed by atoms with Crippen molar-refractivity contribution in [3.63, 3.8) is 0 Å². The summed E-state index contributed by atoms with van der Waals surface area (Å²) >= 11 is 0. The van der Waals surface area contributed by atoms with Crippen molar-refractivity contribution < 1.29 is 5.11 Å². The van der Waals surface area contributed by atoms with Gasteiger partial charge in [0, 0.05) is 11.5 Å². The second-order valence-electron chi connectivity index (χ2n) is 7.85. The van der Waals surface area contributed by atoms with Crippen LogP contribution in [0.4, 0.5) is 0 Å². The Kier molecular flexibility index (Phi) is 7.92. The fourth-order valence-corrected chi connectivity index (χ4v) is 3.58. The van der Waals surface area contributed by atoms with Crippen molar-refractivity contribution in [2.45, 2.75) is 76.7 Å². The van der Waals surface area contributed by atoms with E-state index in [4.69, 9.17) is 5.73 Å². The highest BCUT2D eigenvalue weighted by atomic mass is 16.3. The molecule has 0 spiro atoms. The van der Waals surface area contributed by atoms with E-state index in [9.17, 15) is 5.11 Å². The predicted molar refractivity (Wildman–Crippen MR) is 109 cm³/mol. The van der Waals surface area contributed by atoms with Gasteiger partial charge in [-0.05, 0) is 42.9 Å². The van der Waals surface area contributed by atoms with E-state index >= 15 is 0 Å².